The zero-order valence-electron chi connectivity index (χ0n) is 14.9. The molecule has 3 aromatic rings. The van der Waals surface area contributed by atoms with Crippen molar-refractivity contribution in [2.24, 2.45) is 0 Å². The highest BCUT2D eigenvalue weighted by Gasteiger charge is 2.25. The molecule has 1 atom stereocenters. The number of nitrogens with zero attached hydrogens (tertiary/aromatic N) is 6. The number of benzene rings is 1. The van der Waals surface area contributed by atoms with Crippen LogP contribution in [0.4, 0.5) is 11.6 Å². The summed E-state index contributed by atoms with van der Waals surface area (Å²) in [5, 5.41) is 0.680. The van der Waals surface area contributed by atoms with Crippen molar-refractivity contribution < 1.29 is 0 Å². The van der Waals surface area contributed by atoms with E-state index in [9.17, 15) is 0 Å². The van der Waals surface area contributed by atoms with Gasteiger partial charge in [-0.05, 0) is 38.0 Å². The SMILES string of the molecule is Cc1cc(N(C)C2CCCN(c3cnc4cc(Cl)ccc4n3)C2)ncn1. The normalized spacial score (nSPS) is 17.5. The Bertz CT molecular complexity index is 931. The van der Waals surface area contributed by atoms with Crippen LogP contribution in [0, 0.1) is 6.92 Å². The molecule has 0 saturated carbocycles. The molecule has 0 amide bonds. The van der Waals surface area contributed by atoms with Gasteiger partial charge in [0.15, 0.2) is 0 Å². The van der Waals surface area contributed by atoms with E-state index >= 15 is 0 Å². The van der Waals surface area contributed by atoms with Crippen LogP contribution in [0.1, 0.15) is 18.5 Å². The minimum absolute atomic E-state index is 0.376. The van der Waals surface area contributed by atoms with Gasteiger partial charge in [0.25, 0.3) is 0 Å². The average Bonchev–Trinajstić information content (AvgIpc) is 2.67. The van der Waals surface area contributed by atoms with Gasteiger partial charge in [-0.3, -0.25) is 4.98 Å². The Kier molecular flexibility index (Phi) is 4.59. The molecule has 134 valence electrons. The van der Waals surface area contributed by atoms with Crippen LogP contribution in [0.3, 0.4) is 0 Å². The van der Waals surface area contributed by atoms with Gasteiger partial charge in [0.2, 0.25) is 0 Å². The molecule has 1 unspecified atom stereocenters. The molecule has 7 heteroatoms. The Labute approximate surface area is 157 Å². The zero-order valence-corrected chi connectivity index (χ0v) is 15.7. The highest BCUT2D eigenvalue weighted by Crippen LogP contribution is 2.25. The van der Waals surface area contributed by atoms with E-state index < -0.39 is 0 Å². The van der Waals surface area contributed by atoms with Crippen molar-refractivity contribution in [2.45, 2.75) is 25.8 Å². The second-order valence-corrected chi connectivity index (χ2v) is 7.17. The van der Waals surface area contributed by atoms with Gasteiger partial charge in [-0.15, -0.1) is 0 Å². The lowest BCUT2D eigenvalue weighted by molar-refractivity contribution is 0.483. The molecule has 1 fully saturated rings. The lowest BCUT2D eigenvalue weighted by atomic mass is 10.0. The van der Waals surface area contributed by atoms with Gasteiger partial charge < -0.3 is 9.80 Å². The summed E-state index contributed by atoms with van der Waals surface area (Å²) in [5.41, 5.74) is 2.67. The summed E-state index contributed by atoms with van der Waals surface area (Å²) < 4.78 is 0. The molecule has 2 aromatic heterocycles. The maximum absolute atomic E-state index is 6.04. The van der Waals surface area contributed by atoms with E-state index in [1.54, 1.807) is 6.33 Å². The standard InChI is InChI=1S/C19H21ClN6/c1-13-8-18(23-12-22-13)25(2)15-4-3-7-26(11-15)19-10-21-17-9-14(20)5-6-16(17)24-19/h5-6,8-10,12,15H,3-4,7,11H2,1-2H3. The molecule has 3 heterocycles. The quantitative estimate of drug-likeness (QED) is 0.705. The van der Waals surface area contributed by atoms with Gasteiger partial charge in [-0.1, -0.05) is 11.6 Å². The van der Waals surface area contributed by atoms with Crippen molar-refractivity contribution in [3.63, 3.8) is 0 Å². The molecule has 0 aliphatic carbocycles. The van der Waals surface area contributed by atoms with E-state index in [2.05, 4.69) is 31.8 Å². The first-order chi connectivity index (χ1) is 12.6. The second kappa shape index (κ2) is 7.03. The smallest absolute Gasteiger partial charge is 0.147 e. The minimum Gasteiger partial charge on any atom is -0.355 e. The number of halogens is 1. The van der Waals surface area contributed by atoms with Crippen LogP contribution in [0.15, 0.2) is 36.8 Å². The Hall–Kier alpha value is -2.47. The van der Waals surface area contributed by atoms with E-state index in [1.165, 1.54) is 0 Å². The maximum atomic E-state index is 6.04. The number of hydrogen-bond acceptors (Lipinski definition) is 6. The summed E-state index contributed by atoms with van der Waals surface area (Å²) in [4.78, 5) is 22.5. The summed E-state index contributed by atoms with van der Waals surface area (Å²) in [6, 6.07) is 8.02. The highest BCUT2D eigenvalue weighted by molar-refractivity contribution is 6.31. The first-order valence-electron chi connectivity index (χ1n) is 8.79. The van der Waals surface area contributed by atoms with Crippen LogP contribution in [-0.4, -0.2) is 46.1 Å². The van der Waals surface area contributed by atoms with Gasteiger partial charge >= 0.3 is 0 Å². The zero-order chi connectivity index (χ0) is 18.1. The molecule has 26 heavy (non-hydrogen) atoms. The predicted octanol–water partition coefficient (Wildman–Crippen LogP) is 3.49. The van der Waals surface area contributed by atoms with Gasteiger partial charge in [-0.25, -0.2) is 15.0 Å². The predicted molar refractivity (Wildman–Crippen MR) is 105 cm³/mol. The molecule has 6 nitrogen and oxygen atoms in total. The number of piperidine rings is 1. The molecule has 0 bridgehead atoms. The summed E-state index contributed by atoms with van der Waals surface area (Å²) in [6.07, 6.45) is 5.71. The summed E-state index contributed by atoms with van der Waals surface area (Å²) in [5.74, 6) is 1.88. The fourth-order valence-corrected chi connectivity index (χ4v) is 3.59. The molecule has 0 N–H and O–H groups in total. The third-order valence-electron chi connectivity index (χ3n) is 4.91. The van der Waals surface area contributed by atoms with Crippen LogP contribution in [0.2, 0.25) is 5.02 Å². The summed E-state index contributed by atoms with van der Waals surface area (Å²) in [6.45, 7) is 3.87. The van der Waals surface area contributed by atoms with Gasteiger partial charge in [0.1, 0.15) is 18.0 Å². The van der Waals surface area contributed by atoms with E-state index in [-0.39, 0.29) is 0 Å². The number of aryl methyl sites for hydroxylation is 1. The van der Waals surface area contributed by atoms with Crippen LogP contribution in [0.25, 0.3) is 11.0 Å². The minimum atomic E-state index is 0.376. The molecule has 1 saturated heterocycles. The number of hydrogen-bond donors (Lipinski definition) is 0. The fourth-order valence-electron chi connectivity index (χ4n) is 3.43. The van der Waals surface area contributed by atoms with Crippen LogP contribution < -0.4 is 9.80 Å². The first kappa shape index (κ1) is 17.0. The van der Waals surface area contributed by atoms with Gasteiger partial charge in [0, 0.05) is 43.0 Å². The van der Waals surface area contributed by atoms with Gasteiger partial charge in [-0.2, -0.15) is 0 Å². The first-order valence-corrected chi connectivity index (χ1v) is 9.17. The largest absolute Gasteiger partial charge is 0.355 e. The van der Waals surface area contributed by atoms with Crippen LogP contribution in [0.5, 0.6) is 0 Å². The van der Waals surface area contributed by atoms with Crippen molar-refractivity contribution in [1.82, 2.24) is 19.9 Å². The Balaban J connectivity index is 1.55. The van der Waals surface area contributed by atoms with Crippen LogP contribution in [-0.2, 0) is 0 Å². The third kappa shape index (κ3) is 3.42. The van der Waals surface area contributed by atoms with E-state index in [0.717, 1.165) is 54.3 Å². The molecule has 0 spiro atoms. The number of anilines is 2. The van der Waals surface area contributed by atoms with E-state index in [1.807, 2.05) is 37.4 Å². The second-order valence-electron chi connectivity index (χ2n) is 6.73. The highest BCUT2D eigenvalue weighted by atomic mass is 35.5. The lowest BCUT2D eigenvalue weighted by Crippen LogP contribution is -2.47. The van der Waals surface area contributed by atoms with Crippen molar-refractivity contribution in [2.75, 3.05) is 29.9 Å². The molecule has 1 aromatic carbocycles. The van der Waals surface area contributed by atoms with Crippen molar-refractivity contribution in [3.05, 3.63) is 47.5 Å². The number of aromatic nitrogens is 4. The Morgan fingerprint density at radius 2 is 2.04 bits per heavy atom. The Morgan fingerprint density at radius 3 is 2.88 bits per heavy atom. The van der Waals surface area contributed by atoms with E-state index in [0.29, 0.717) is 11.1 Å². The number of rotatable bonds is 3. The van der Waals surface area contributed by atoms with Crippen molar-refractivity contribution in [3.8, 4) is 0 Å². The van der Waals surface area contributed by atoms with Gasteiger partial charge in [0.05, 0.1) is 17.2 Å². The molecular weight excluding hydrogens is 348 g/mol. The maximum Gasteiger partial charge on any atom is 0.147 e. The number of fused-ring (bicyclic) bond motifs is 1. The summed E-state index contributed by atoms with van der Waals surface area (Å²) >= 11 is 6.04. The van der Waals surface area contributed by atoms with Crippen LogP contribution >= 0.6 is 11.6 Å². The molecule has 1 aliphatic rings. The van der Waals surface area contributed by atoms with Crippen molar-refractivity contribution >= 4 is 34.3 Å². The lowest BCUT2D eigenvalue weighted by Gasteiger charge is -2.38. The third-order valence-corrected chi connectivity index (χ3v) is 5.15. The Morgan fingerprint density at radius 1 is 1.15 bits per heavy atom. The number of likely N-dealkylation sites (N-methyl/N-ethyl adjacent to an activating group) is 1. The topological polar surface area (TPSA) is 58.0 Å². The molecule has 1 aliphatic heterocycles. The molecule has 0 radical (unpaired) electrons. The molecular formula is C19H21ClN6. The monoisotopic (exact) mass is 368 g/mol. The average molecular weight is 369 g/mol. The van der Waals surface area contributed by atoms with E-state index in [4.69, 9.17) is 16.6 Å². The molecule has 4 rings (SSSR count). The fraction of sp³-hybridized carbons (Fsp3) is 0.368. The van der Waals surface area contributed by atoms with Crippen molar-refractivity contribution in [1.29, 1.82) is 0 Å². The summed E-state index contributed by atoms with van der Waals surface area (Å²) in [7, 11) is 2.10.